The van der Waals surface area contributed by atoms with E-state index >= 15 is 0 Å². The number of esters is 1. The van der Waals surface area contributed by atoms with Crippen molar-refractivity contribution < 1.29 is 14.3 Å². The van der Waals surface area contributed by atoms with Gasteiger partial charge in [-0.05, 0) is 31.4 Å². The third-order valence-corrected chi connectivity index (χ3v) is 3.57. The van der Waals surface area contributed by atoms with Gasteiger partial charge >= 0.3 is 5.97 Å². The van der Waals surface area contributed by atoms with Gasteiger partial charge in [0.05, 0.1) is 35.3 Å². The molecule has 0 unspecified atom stereocenters. The van der Waals surface area contributed by atoms with Crippen LogP contribution in [0.15, 0.2) is 23.7 Å². The fourth-order valence-corrected chi connectivity index (χ4v) is 2.50. The predicted molar refractivity (Wildman–Crippen MR) is 81.6 cm³/mol. The van der Waals surface area contributed by atoms with Crippen LogP contribution < -0.4 is 11.1 Å². The van der Waals surface area contributed by atoms with Crippen LogP contribution in [0, 0.1) is 6.92 Å². The molecule has 1 amide bonds. The van der Waals surface area contributed by atoms with Crippen molar-refractivity contribution in [3.8, 4) is 0 Å². The number of amides is 1. The highest BCUT2D eigenvalue weighted by atomic mass is 32.1. The standard InChI is InChI=1S/C14H15N3O3S/c1-3-20-14(19)10-4-5-21-13(10)17-12(18)11-6-9(15)7-16-8(11)2/h4-7H,3,15H2,1-2H3,(H,17,18). The molecule has 110 valence electrons. The second-order valence-electron chi connectivity index (χ2n) is 4.24. The number of nitrogens with zero attached hydrogens (tertiary/aromatic N) is 1. The summed E-state index contributed by atoms with van der Waals surface area (Å²) in [5, 5.41) is 4.86. The number of carbonyl (C=O) groups is 2. The van der Waals surface area contributed by atoms with E-state index in [2.05, 4.69) is 10.3 Å². The molecule has 0 atom stereocenters. The molecule has 0 bridgehead atoms. The lowest BCUT2D eigenvalue weighted by Crippen LogP contribution is -2.16. The largest absolute Gasteiger partial charge is 0.462 e. The summed E-state index contributed by atoms with van der Waals surface area (Å²) in [6.07, 6.45) is 1.49. The maximum atomic E-state index is 12.3. The first-order valence-electron chi connectivity index (χ1n) is 6.31. The van der Waals surface area contributed by atoms with Gasteiger partial charge in [-0.3, -0.25) is 9.78 Å². The van der Waals surface area contributed by atoms with E-state index in [1.54, 1.807) is 31.4 Å². The molecule has 0 aromatic carbocycles. The average molecular weight is 305 g/mol. The number of thiophene rings is 1. The minimum absolute atomic E-state index is 0.278. The number of nitrogens with one attached hydrogen (secondary N) is 1. The van der Waals surface area contributed by atoms with E-state index in [9.17, 15) is 9.59 Å². The van der Waals surface area contributed by atoms with E-state index in [-0.39, 0.29) is 12.5 Å². The van der Waals surface area contributed by atoms with Crippen LogP contribution in [0.1, 0.15) is 33.3 Å². The van der Waals surface area contributed by atoms with Crippen LogP contribution in [-0.4, -0.2) is 23.5 Å². The molecule has 2 heterocycles. The Hall–Kier alpha value is -2.41. The fourth-order valence-electron chi connectivity index (χ4n) is 1.73. The molecule has 2 aromatic rings. The van der Waals surface area contributed by atoms with Crippen molar-refractivity contribution in [2.24, 2.45) is 0 Å². The van der Waals surface area contributed by atoms with Gasteiger partial charge in [0.15, 0.2) is 0 Å². The van der Waals surface area contributed by atoms with Gasteiger partial charge in [-0.25, -0.2) is 4.79 Å². The molecule has 0 spiro atoms. The maximum absolute atomic E-state index is 12.3. The fraction of sp³-hybridized carbons (Fsp3) is 0.214. The summed E-state index contributed by atoms with van der Waals surface area (Å²) < 4.78 is 4.94. The summed E-state index contributed by atoms with van der Waals surface area (Å²) in [4.78, 5) is 28.1. The Kier molecular flexibility index (Phi) is 4.54. The number of anilines is 2. The molecular formula is C14H15N3O3S. The normalized spacial score (nSPS) is 10.2. The van der Waals surface area contributed by atoms with Crippen LogP contribution in [0.2, 0.25) is 0 Å². The van der Waals surface area contributed by atoms with Gasteiger partial charge in [0.25, 0.3) is 5.91 Å². The van der Waals surface area contributed by atoms with Crippen LogP contribution in [-0.2, 0) is 4.74 Å². The Morgan fingerprint density at radius 2 is 2.19 bits per heavy atom. The van der Waals surface area contributed by atoms with Gasteiger partial charge in [-0.15, -0.1) is 11.3 Å². The van der Waals surface area contributed by atoms with E-state index in [1.807, 2.05) is 0 Å². The molecule has 0 aliphatic carbocycles. The van der Waals surface area contributed by atoms with Crippen LogP contribution in [0.25, 0.3) is 0 Å². The van der Waals surface area contributed by atoms with Crippen molar-refractivity contribution >= 4 is 33.9 Å². The lowest BCUT2D eigenvalue weighted by atomic mass is 10.2. The van der Waals surface area contributed by atoms with Gasteiger partial charge in [0.2, 0.25) is 0 Å². The molecule has 7 heteroatoms. The molecule has 0 aliphatic rings. The van der Waals surface area contributed by atoms with Crippen LogP contribution >= 0.6 is 11.3 Å². The predicted octanol–water partition coefficient (Wildman–Crippen LogP) is 2.46. The third-order valence-electron chi connectivity index (χ3n) is 2.74. The topological polar surface area (TPSA) is 94.3 Å². The Morgan fingerprint density at radius 3 is 2.90 bits per heavy atom. The number of nitrogen functional groups attached to an aromatic ring is 1. The monoisotopic (exact) mass is 305 g/mol. The summed E-state index contributed by atoms with van der Waals surface area (Å²) in [5.41, 5.74) is 7.32. The SMILES string of the molecule is CCOC(=O)c1ccsc1NC(=O)c1cc(N)cnc1C. The van der Waals surface area contributed by atoms with Gasteiger partial charge in [0, 0.05) is 0 Å². The molecule has 0 saturated heterocycles. The van der Waals surface area contributed by atoms with Crippen LogP contribution in [0.5, 0.6) is 0 Å². The summed E-state index contributed by atoms with van der Waals surface area (Å²) in [5.74, 6) is -0.822. The van der Waals surface area contributed by atoms with Crippen LogP contribution in [0.3, 0.4) is 0 Å². The van der Waals surface area contributed by atoms with E-state index in [4.69, 9.17) is 10.5 Å². The molecule has 0 fully saturated rings. The number of rotatable bonds is 4. The number of aryl methyl sites for hydroxylation is 1. The summed E-state index contributed by atoms with van der Waals surface area (Å²) in [6, 6.07) is 3.16. The zero-order chi connectivity index (χ0) is 15.4. The first kappa shape index (κ1) is 15.0. The molecule has 0 saturated carbocycles. The molecular weight excluding hydrogens is 290 g/mol. The Bertz CT molecular complexity index is 682. The number of ether oxygens (including phenoxy) is 1. The third kappa shape index (κ3) is 3.38. The summed E-state index contributed by atoms with van der Waals surface area (Å²) in [7, 11) is 0. The van der Waals surface area contributed by atoms with E-state index in [0.29, 0.717) is 27.5 Å². The number of nitrogens with two attached hydrogens (primary N) is 1. The lowest BCUT2D eigenvalue weighted by molar-refractivity contribution is 0.0528. The van der Waals surface area contributed by atoms with Gasteiger partial charge in [-0.1, -0.05) is 0 Å². The average Bonchev–Trinajstić information content (AvgIpc) is 2.90. The smallest absolute Gasteiger partial charge is 0.341 e. The Morgan fingerprint density at radius 1 is 1.43 bits per heavy atom. The zero-order valence-electron chi connectivity index (χ0n) is 11.7. The Balaban J connectivity index is 2.22. The molecule has 6 nitrogen and oxygen atoms in total. The highest BCUT2D eigenvalue weighted by Gasteiger charge is 2.18. The Labute approximate surface area is 125 Å². The molecule has 0 radical (unpaired) electrons. The number of hydrogen-bond donors (Lipinski definition) is 2. The first-order valence-corrected chi connectivity index (χ1v) is 7.19. The van der Waals surface area contributed by atoms with E-state index < -0.39 is 5.97 Å². The number of hydrogen-bond acceptors (Lipinski definition) is 6. The van der Waals surface area contributed by atoms with Crippen molar-refractivity contribution in [3.63, 3.8) is 0 Å². The quantitative estimate of drug-likeness (QED) is 0.846. The summed E-state index contributed by atoms with van der Waals surface area (Å²) >= 11 is 1.25. The van der Waals surface area contributed by atoms with Crippen molar-refractivity contribution in [3.05, 3.63) is 40.5 Å². The highest BCUT2D eigenvalue weighted by Crippen LogP contribution is 2.25. The second kappa shape index (κ2) is 6.36. The van der Waals surface area contributed by atoms with Crippen molar-refractivity contribution in [2.45, 2.75) is 13.8 Å². The van der Waals surface area contributed by atoms with Crippen LogP contribution in [0.4, 0.5) is 10.7 Å². The van der Waals surface area contributed by atoms with Crippen molar-refractivity contribution in [1.82, 2.24) is 4.98 Å². The van der Waals surface area contributed by atoms with Gasteiger partial charge in [0.1, 0.15) is 5.00 Å². The minimum Gasteiger partial charge on any atom is -0.462 e. The molecule has 2 aromatic heterocycles. The first-order chi connectivity index (χ1) is 10.0. The summed E-state index contributed by atoms with van der Waals surface area (Å²) in [6.45, 7) is 3.72. The van der Waals surface area contributed by atoms with Crippen molar-refractivity contribution in [2.75, 3.05) is 17.7 Å². The highest BCUT2D eigenvalue weighted by molar-refractivity contribution is 7.14. The number of pyridine rings is 1. The molecule has 2 rings (SSSR count). The van der Waals surface area contributed by atoms with Gasteiger partial charge in [-0.2, -0.15) is 0 Å². The van der Waals surface area contributed by atoms with Crippen molar-refractivity contribution in [1.29, 1.82) is 0 Å². The minimum atomic E-state index is -0.462. The maximum Gasteiger partial charge on any atom is 0.341 e. The van der Waals surface area contributed by atoms with E-state index in [1.165, 1.54) is 17.5 Å². The van der Waals surface area contributed by atoms with Gasteiger partial charge < -0.3 is 15.8 Å². The lowest BCUT2D eigenvalue weighted by Gasteiger charge is -2.08. The zero-order valence-corrected chi connectivity index (χ0v) is 12.5. The molecule has 21 heavy (non-hydrogen) atoms. The molecule has 0 aliphatic heterocycles. The molecule has 3 N–H and O–H groups in total. The number of carbonyl (C=O) groups excluding carboxylic acids is 2. The second-order valence-corrected chi connectivity index (χ2v) is 5.16. The number of aromatic nitrogens is 1. The van der Waals surface area contributed by atoms with E-state index in [0.717, 1.165) is 0 Å².